The highest BCUT2D eigenvalue weighted by atomic mass is 15.0. The molecule has 0 aromatic rings. The third-order valence-corrected chi connectivity index (χ3v) is 3.25. The maximum atomic E-state index is 4.04. The van der Waals surface area contributed by atoms with Crippen LogP contribution in [0.5, 0.6) is 0 Å². The first-order valence-electron chi connectivity index (χ1n) is 7.91. The van der Waals surface area contributed by atoms with Crippen molar-refractivity contribution in [1.29, 1.82) is 0 Å². The minimum Gasteiger partial charge on any atom is -0.236 e. The lowest BCUT2D eigenvalue weighted by atomic mass is 10.1. The molecule has 2 heteroatoms. The molecule has 0 spiro atoms. The van der Waals surface area contributed by atoms with Crippen molar-refractivity contribution in [3.63, 3.8) is 0 Å². The molecule has 0 N–H and O–H groups in total. The molecular formula is C17H32N2. The molecule has 0 saturated carbocycles. The second-order valence-electron chi connectivity index (χ2n) is 5.28. The number of nitrogens with zero attached hydrogens (tertiary/aromatic N) is 2. The van der Waals surface area contributed by atoms with E-state index in [1.807, 2.05) is 13.8 Å². The molecule has 0 amide bonds. The summed E-state index contributed by atoms with van der Waals surface area (Å²) in [6, 6.07) is 0. The Kier molecular flexibility index (Phi) is 11.5. The first-order chi connectivity index (χ1) is 9.11. The molecule has 1 rings (SSSR count). The van der Waals surface area contributed by atoms with Crippen LogP contribution in [0, 0.1) is 0 Å². The van der Waals surface area contributed by atoms with E-state index in [4.69, 9.17) is 0 Å². The molecule has 2 nitrogen and oxygen atoms in total. The minimum atomic E-state index is 0.794. The van der Waals surface area contributed by atoms with Gasteiger partial charge in [0.05, 0.1) is 11.4 Å². The zero-order valence-corrected chi connectivity index (χ0v) is 13.5. The summed E-state index contributed by atoms with van der Waals surface area (Å²) in [5.74, 6) is 0.813. The van der Waals surface area contributed by atoms with Gasteiger partial charge >= 0.3 is 0 Å². The lowest BCUT2D eigenvalue weighted by molar-refractivity contribution is 0.572. The molecule has 0 unspecified atom stereocenters. The Morgan fingerprint density at radius 2 is 1.16 bits per heavy atom. The average molecular weight is 264 g/mol. The lowest BCUT2D eigenvalue weighted by Gasteiger charge is -1.98. The Morgan fingerprint density at radius 3 is 1.37 bits per heavy atom. The molecule has 1 aliphatic rings. The fourth-order valence-corrected chi connectivity index (χ4v) is 1.99. The number of unbranched alkanes of at least 4 members (excludes halogenated alkanes) is 8. The third kappa shape index (κ3) is 10.7. The monoisotopic (exact) mass is 264 g/mol. The van der Waals surface area contributed by atoms with Crippen LogP contribution in [0.2, 0.25) is 0 Å². The van der Waals surface area contributed by atoms with Crippen molar-refractivity contribution in [2.24, 2.45) is 9.98 Å². The van der Waals surface area contributed by atoms with Crippen LogP contribution in [0.4, 0.5) is 0 Å². The van der Waals surface area contributed by atoms with E-state index in [0.29, 0.717) is 0 Å². The maximum Gasteiger partial charge on any atom is 0.126 e. The topological polar surface area (TPSA) is 24.7 Å². The molecule has 0 aromatic heterocycles. The minimum absolute atomic E-state index is 0.794. The number of hydrogen-bond acceptors (Lipinski definition) is 2. The van der Waals surface area contributed by atoms with Crippen LogP contribution in [0.3, 0.4) is 0 Å². The van der Waals surface area contributed by atoms with Crippen molar-refractivity contribution in [3.8, 4) is 0 Å². The molecule has 0 aromatic carbocycles. The second-order valence-corrected chi connectivity index (χ2v) is 5.28. The van der Waals surface area contributed by atoms with E-state index in [-0.39, 0.29) is 0 Å². The highest BCUT2D eigenvalue weighted by molar-refractivity contribution is 6.10. The summed E-state index contributed by atoms with van der Waals surface area (Å²) in [4.78, 5) is 8.03. The van der Waals surface area contributed by atoms with Crippen LogP contribution in [0.1, 0.15) is 85.5 Å². The number of hydrogen-bond donors (Lipinski definition) is 0. The highest BCUT2D eigenvalue weighted by Crippen LogP contribution is 2.08. The fraction of sp³-hybridized carbons (Fsp3) is 0.765. The largest absolute Gasteiger partial charge is 0.236 e. The molecule has 0 aliphatic carbocycles. The third-order valence-electron chi connectivity index (χ3n) is 3.25. The smallest absolute Gasteiger partial charge is 0.126 e. The van der Waals surface area contributed by atoms with Gasteiger partial charge in [-0.3, -0.25) is 0 Å². The molecular weight excluding hydrogens is 232 g/mol. The summed E-state index contributed by atoms with van der Waals surface area (Å²) >= 11 is 0. The van der Waals surface area contributed by atoms with Gasteiger partial charge in [0.25, 0.3) is 0 Å². The van der Waals surface area contributed by atoms with Crippen molar-refractivity contribution in [3.05, 3.63) is 12.3 Å². The normalized spacial score (nSPS) is 13.8. The van der Waals surface area contributed by atoms with Gasteiger partial charge < -0.3 is 0 Å². The SMILES string of the molecule is C=C1N=C(C)N=C1C.CCCCCCCCCCC. The van der Waals surface area contributed by atoms with E-state index in [1.165, 1.54) is 57.8 Å². The van der Waals surface area contributed by atoms with Crippen LogP contribution in [-0.4, -0.2) is 11.5 Å². The lowest BCUT2D eigenvalue weighted by Crippen LogP contribution is -1.84. The van der Waals surface area contributed by atoms with E-state index in [0.717, 1.165) is 17.2 Å². The van der Waals surface area contributed by atoms with Gasteiger partial charge in [-0.15, -0.1) is 0 Å². The van der Waals surface area contributed by atoms with E-state index in [2.05, 4.69) is 30.4 Å². The van der Waals surface area contributed by atoms with Crippen molar-refractivity contribution < 1.29 is 0 Å². The molecule has 110 valence electrons. The summed E-state index contributed by atoms with van der Waals surface area (Å²) in [6.45, 7) is 12.0. The van der Waals surface area contributed by atoms with Gasteiger partial charge in [0.1, 0.15) is 5.84 Å². The van der Waals surface area contributed by atoms with Crippen molar-refractivity contribution in [2.45, 2.75) is 85.5 Å². The predicted octanol–water partition coefficient (Wildman–Crippen LogP) is 5.93. The standard InChI is InChI=1S/C11H24.C6H8N2/c1-3-5-7-9-11-10-8-6-4-2;1-4-5(2)8-6(3)7-4/h3-11H2,1-2H3;1H2,2-3H3. The Bertz CT molecular complexity index is 290. The summed E-state index contributed by atoms with van der Waals surface area (Å²) in [7, 11) is 0. The van der Waals surface area contributed by atoms with Crippen LogP contribution < -0.4 is 0 Å². The van der Waals surface area contributed by atoms with Crippen LogP contribution >= 0.6 is 0 Å². The van der Waals surface area contributed by atoms with E-state index in [9.17, 15) is 0 Å². The molecule has 0 radical (unpaired) electrons. The Balaban J connectivity index is 0.000000356. The first kappa shape index (κ1) is 18.1. The number of amidine groups is 1. The van der Waals surface area contributed by atoms with Gasteiger partial charge in [-0.25, -0.2) is 9.98 Å². The number of allylic oxidation sites excluding steroid dienone is 1. The maximum absolute atomic E-state index is 4.04. The van der Waals surface area contributed by atoms with E-state index < -0.39 is 0 Å². The zero-order valence-electron chi connectivity index (χ0n) is 13.5. The van der Waals surface area contributed by atoms with Crippen LogP contribution in [-0.2, 0) is 0 Å². The Hall–Kier alpha value is -0.920. The zero-order chi connectivity index (χ0) is 14.5. The van der Waals surface area contributed by atoms with Gasteiger partial charge in [-0.05, 0) is 13.8 Å². The predicted molar refractivity (Wildman–Crippen MR) is 88.3 cm³/mol. The molecule has 0 bridgehead atoms. The summed E-state index contributed by atoms with van der Waals surface area (Å²) in [6.07, 6.45) is 13.0. The Labute approximate surface area is 120 Å². The van der Waals surface area contributed by atoms with Gasteiger partial charge in [0.2, 0.25) is 0 Å². The molecule has 19 heavy (non-hydrogen) atoms. The van der Waals surface area contributed by atoms with Crippen molar-refractivity contribution >= 4 is 11.5 Å². The summed E-state index contributed by atoms with van der Waals surface area (Å²) in [5.41, 5.74) is 1.73. The van der Waals surface area contributed by atoms with Gasteiger partial charge in [-0.2, -0.15) is 0 Å². The van der Waals surface area contributed by atoms with Gasteiger partial charge in [-0.1, -0.05) is 78.2 Å². The summed E-state index contributed by atoms with van der Waals surface area (Å²) in [5, 5.41) is 0. The number of aliphatic imine (C=N–C) groups is 2. The first-order valence-corrected chi connectivity index (χ1v) is 7.91. The quantitative estimate of drug-likeness (QED) is 0.485. The van der Waals surface area contributed by atoms with E-state index in [1.54, 1.807) is 0 Å². The molecule has 0 saturated heterocycles. The fourth-order valence-electron chi connectivity index (χ4n) is 1.99. The second kappa shape index (κ2) is 12.1. The summed E-state index contributed by atoms with van der Waals surface area (Å²) < 4.78 is 0. The molecule has 1 heterocycles. The Morgan fingerprint density at radius 1 is 0.737 bits per heavy atom. The molecule has 1 aliphatic heterocycles. The van der Waals surface area contributed by atoms with Crippen molar-refractivity contribution in [1.82, 2.24) is 0 Å². The van der Waals surface area contributed by atoms with Crippen LogP contribution in [0.25, 0.3) is 0 Å². The van der Waals surface area contributed by atoms with Gasteiger partial charge in [0, 0.05) is 0 Å². The van der Waals surface area contributed by atoms with Gasteiger partial charge in [0.15, 0.2) is 0 Å². The van der Waals surface area contributed by atoms with Crippen molar-refractivity contribution in [2.75, 3.05) is 0 Å². The average Bonchev–Trinajstić information content (AvgIpc) is 2.66. The van der Waals surface area contributed by atoms with Crippen LogP contribution in [0.15, 0.2) is 22.3 Å². The highest BCUT2D eigenvalue weighted by Gasteiger charge is 2.03. The number of rotatable bonds is 8. The molecule has 0 fully saturated rings. The molecule has 0 atom stereocenters. The van der Waals surface area contributed by atoms with E-state index >= 15 is 0 Å².